The van der Waals surface area contributed by atoms with Gasteiger partial charge < -0.3 is 15.5 Å². The quantitative estimate of drug-likeness (QED) is 0.830. The van der Waals surface area contributed by atoms with Gasteiger partial charge in [-0.25, -0.2) is 0 Å². The van der Waals surface area contributed by atoms with Gasteiger partial charge in [-0.1, -0.05) is 13.8 Å². The van der Waals surface area contributed by atoms with Crippen LogP contribution in [0.2, 0.25) is 0 Å². The van der Waals surface area contributed by atoms with Crippen molar-refractivity contribution in [2.45, 2.75) is 40.2 Å². The van der Waals surface area contributed by atoms with Gasteiger partial charge in [-0.3, -0.25) is 14.4 Å². The zero-order valence-corrected chi connectivity index (χ0v) is 15.3. The monoisotopic (exact) mass is 345 g/mol. The molecule has 2 rings (SSSR count). The van der Waals surface area contributed by atoms with Crippen LogP contribution in [0.1, 0.15) is 44.5 Å². The van der Waals surface area contributed by atoms with Gasteiger partial charge in [0.1, 0.15) is 0 Å². The van der Waals surface area contributed by atoms with Crippen molar-refractivity contribution in [1.29, 1.82) is 0 Å². The Hall–Kier alpha value is -2.37. The molecule has 1 aliphatic rings. The molecule has 6 nitrogen and oxygen atoms in total. The highest BCUT2D eigenvalue weighted by atomic mass is 16.2. The van der Waals surface area contributed by atoms with Crippen LogP contribution in [0.25, 0.3) is 0 Å². The first-order chi connectivity index (χ1) is 11.8. The van der Waals surface area contributed by atoms with E-state index in [1.165, 1.54) is 0 Å². The maximum absolute atomic E-state index is 12.4. The van der Waals surface area contributed by atoms with E-state index in [9.17, 15) is 14.4 Å². The third kappa shape index (κ3) is 5.05. The van der Waals surface area contributed by atoms with Crippen molar-refractivity contribution in [2.24, 2.45) is 11.8 Å². The average Bonchev–Trinajstić information content (AvgIpc) is 2.95. The van der Waals surface area contributed by atoms with Crippen LogP contribution < -0.4 is 10.6 Å². The van der Waals surface area contributed by atoms with Crippen molar-refractivity contribution < 1.29 is 14.4 Å². The number of benzene rings is 1. The van der Waals surface area contributed by atoms with E-state index in [1.807, 2.05) is 27.7 Å². The van der Waals surface area contributed by atoms with Crippen LogP contribution >= 0.6 is 0 Å². The molecule has 1 fully saturated rings. The van der Waals surface area contributed by atoms with Gasteiger partial charge in [0.05, 0.1) is 5.92 Å². The fourth-order valence-corrected chi connectivity index (χ4v) is 2.75. The largest absolute Gasteiger partial charge is 0.352 e. The predicted octanol–water partition coefficient (Wildman–Crippen LogP) is 2.27. The molecule has 0 spiro atoms. The summed E-state index contributed by atoms with van der Waals surface area (Å²) >= 11 is 0. The Bertz CT molecular complexity index is 638. The first-order valence-corrected chi connectivity index (χ1v) is 8.76. The molecule has 1 unspecified atom stereocenters. The summed E-state index contributed by atoms with van der Waals surface area (Å²) in [5, 5.41) is 5.69. The number of anilines is 1. The Labute approximate surface area is 149 Å². The standard InChI is InChI=1S/C19H27N3O3/c1-12(2)10-20-18(24)14-5-7-16(8-6-14)21-19(25)15-9-17(23)22(11-15)13(3)4/h5-8,12-13,15H,9-11H2,1-4H3,(H,20,24)(H,21,25). The van der Waals surface area contributed by atoms with Crippen molar-refractivity contribution >= 4 is 23.4 Å². The summed E-state index contributed by atoms with van der Waals surface area (Å²) in [4.78, 5) is 38.0. The molecule has 1 aliphatic heterocycles. The van der Waals surface area contributed by atoms with Crippen LogP contribution in [0, 0.1) is 11.8 Å². The fourth-order valence-electron chi connectivity index (χ4n) is 2.75. The Balaban J connectivity index is 1.92. The third-order valence-corrected chi connectivity index (χ3v) is 4.24. The van der Waals surface area contributed by atoms with E-state index in [1.54, 1.807) is 29.2 Å². The van der Waals surface area contributed by atoms with Crippen molar-refractivity contribution in [3.8, 4) is 0 Å². The molecule has 2 N–H and O–H groups in total. The molecule has 1 saturated heterocycles. The number of nitrogens with zero attached hydrogens (tertiary/aromatic N) is 1. The van der Waals surface area contributed by atoms with E-state index in [0.29, 0.717) is 30.3 Å². The summed E-state index contributed by atoms with van der Waals surface area (Å²) in [5.41, 5.74) is 1.18. The molecule has 0 bridgehead atoms. The summed E-state index contributed by atoms with van der Waals surface area (Å²) in [6, 6.07) is 6.89. The van der Waals surface area contributed by atoms with E-state index in [2.05, 4.69) is 10.6 Å². The number of rotatable bonds is 6. The Kier molecular flexibility index (Phi) is 6.17. The number of amides is 3. The fraction of sp³-hybridized carbons (Fsp3) is 0.526. The maximum Gasteiger partial charge on any atom is 0.251 e. The number of carbonyl (C=O) groups is 3. The lowest BCUT2D eigenvalue weighted by Gasteiger charge is -2.20. The van der Waals surface area contributed by atoms with E-state index >= 15 is 0 Å². The average molecular weight is 345 g/mol. The lowest BCUT2D eigenvalue weighted by molar-refractivity contribution is -0.129. The van der Waals surface area contributed by atoms with Crippen LogP contribution in [0.15, 0.2) is 24.3 Å². The second-order valence-electron chi connectivity index (χ2n) is 7.21. The number of carbonyl (C=O) groups excluding carboxylic acids is 3. The van der Waals surface area contributed by atoms with Crippen molar-refractivity contribution in [1.82, 2.24) is 10.2 Å². The van der Waals surface area contributed by atoms with E-state index in [4.69, 9.17) is 0 Å². The van der Waals surface area contributed by atoms with E-state index < -0.39 is 0 Å². The molecule has 0 saturated carbocycles. The number of nitrogens with one attached hydrogen (secondary N) is 2. The molecule has 6 heteroatoms. The van der Waals surface area contributed by atoms with Gasteiger partial charge in [0, 0.05) is 36.8 Å². The minimum Gasteiger partial charge on any atom is -0.352 e. The summed E-state index contributed by atoms with van der Waals surface area (Å²) in [5.74, 6) is -0.202. The summed E-state index contributed by atoms with van der Waals surface area (Å²) in [7, 11) is 0. The molecular weight excluding hydrogens is 318 g/mol. The van der Waals surface area contributed by atoms with Crippen LogP contribution in [0.3, 0.4) is 0 Å². The highest BCUT2D eigenvalue weighted by Gasteiger charge is 2.35. The first kappa shape index (κ1) is 19.0. The van der Waals surface area contributed by atoms with Crippen LogP contribution in [-0.2, 0) is 9.59 Å². The minimum atomic E-state index is -0.330. The minimum absolute atomic E-state index is 0.0207. The normalized spacial score (nSPS) is 17.3. The smallest absolute Gasteiger partial charge is 0.251 e. The van der Waals surface area contributed by atoms with Gasteiger partial charge in [-0.15, -0.1) is 0 Å². The lowest BCUT2D eigenvalue weighted by Crippen LogP contribution is -2.33. The molecule has 0 aliphatic carbocycles. The highest BCUT2D eigenvalue weighted by Crippen LogP contribution is 2.22. The van der Waals surface area contributed by atoms with E-state index in [-0.39, 0.29) is 36.1 Å². The molecule has 1 atom stereocenters. The van der Waals surface area contributed by atoms with Gasteiger partial charge in [0.25, 0.3) is 5.91 Å². The topological polar surface area (TPSA) is 78.5 Å². The Morgan fingerprint density at radius 1 is 1.16 bits per heavy atom. The van der Waals surface area contributed by atoms with Gasteiger partial charge in [0.15, 0.2) is 0 Å². The van der Waals surface area contributed by atoms with Crippen molar-refractivity contribution in [2.75, 3.05) is 18.4 Å². The lowest BCUT2D eigenvalue weighted by atomic mass is 10.1. The molecule has 136 valence electrons. The molecule has 25 heavy (non-hydrogen) atoms. The van der Waals surface area contributed by atoms with Gasteiger partial charge >= 0.3 is 0 Å². The molecule has 1 heterocycles. The van der Waals surface area contributed by atoms with Gasteiger partial charge in [0.2, 0.25) is 11.8 Å². The third-order valence-electron chi connectivity index (χ3n) is 4.24. The van der Waals surface area contributed by atoms with Gasteiger partial charge in [-0.2, -0.15) is 0 Å². The van der Waals surface area contributed by atoms with Crippen LogP contribution in [0.4, 0.5) is 5.69 Å². The van der Waals surface area contributed by atoms with E-state index in [0.717, 1.165) is 0 Å². The van der Waals surface area contributed by atoms with Crippen LogP contribution in [-0.4, -0.2) is 41.8 Å². The molecule has 0 aromatic heterocycles. The molecule has 1 aromatic carbocycles. The second kappa shape index (κ2) is 8.14. The second-order valence-corrected chi connectivity index (χ2v) is 7.21. The molecule has 1 aromatic rings. The number of hydrogen-bond acceptors (Lipinski definition) is 3. The Morgan fingerprint density at radius 2 is 1.80 bits per heavy atom. The zero-order valence-electron chi connectivity index (χ0n) is 15.3. The van der Waals surface area contributed by atoms with Crippen molar-refractivity contribution in [3.63, 3.8) is 0 Å². The summed E-state index contributed by atoms with van der Waals surface area (Å²) < 4.78 is 0. The summed E-state index contributed by atoms with van der Waals surface area (Å²) in [6.07, 6.45) is 0.250. The predicted molar refractivity (Wildman–Crippen MR) is 97.2 cm³/mol. The highest BCUT2D eigenvalue weighted by molar-refractivity contribution is 5.98. The van der Waals surface area contributed by atoms with Crippen molar-refractivity contribution in [3.05, 3.63) is 29.8 Å². The molecular formula is C19H27N3O3. The molecule has 0 radical (unpaired) electrons. The zero-order chi connectivity index (χ0) is 18.6. The summed E-state index contributed by atoms with van der Waals surface area (Å²) in [6.45, 7) is 9.04. The molecule has 3 amide bonds. The Morgan fingerprint density at radius 3 is 2.32 bits per heavy atom. The van der Waals surface area contributed by atoms with Crippen LogP contribution in [0.5, 0.6) is 0 Å². The SMILES string of the molecule is CC(C)CNC(=O)c1ccc(NC(=O)C2CC(=O)N(C(C)C)C2)cc1. The van der Waals surface area contributed by atoms with Gasteiger partial charge in [-0.05, 0) is 44.0 Å². The number of hydrogen-bond donors (Lipinski definition) is 2. The number of likely N-dealkylation sites (tertiary alicyclic amines) is 1. The first-order valence-electron chi connectivity index (χ1n) is 8.76. The maximum atomic E-state index is 12.4.